The van der Waals surface area contributed by atoms with Gasteiger partial charge in [0.05, 0.1) is 6.26 Å². The van der Waals surface area contributed by atoms with Crippen LogP contribution in [0.2, 0.25) is 0 Å². The molecule has 20 heavy (non-hydrogen) atoms. The molecule has 0 atom stereocenters. The van der Waals surface area contributed by atoms with Gasteiger partial charge in [0.15, 0.2) is 5.11 Å². The number of amides is 1. The van der Waals surface area contributed by atoms with Crippen LogP contribution < -0.4 is 10.6 Å². The molecule has 0 spiro atoms. The average Bonchev–Trinajstić information content (AvgIpc) is 2.92. The highest BCUT2D eigenvalue weighted by Crippen LogP contribution is 2.07. The lowest BCUT2D eigenvalue weighted by Crippen LogP contribution is -2.32. The quantitative estimate of drug-likeness (QED) is 0.674. The molecule has 0 fully saturated rings. The monoisotopic (exact) mass is 290 g/mol. The number of carbonyl (C=O) groups is 1. The summed E-state index contributed by atoms with van der Waals surface area (Å²) in [6.45, 7) is 0. The normalized spacial score (nSPS) is 10.4. The Morgan fingerprint density at radius 3 is 2.65 bits per heavy atom. The molecule has 4 nitrogen and oxygen atoms in total. The van der Waals surface area contributed by atoms with Gasteiger partial charge in [-0.1, -0.05) is 0 Å². The maximum absolute atomic E-state index is 12.7. The van der Waals surface area contributed by atoms with E-state index in [4.69, 9.17) is 16.6 Å². The second kappa shape index (κ2) is 6.63. The molecule has 6 heteroatoms. The first-order chi connectivity index (χ1) is 9.63. The van der Waals surface area contributed by atoms with Crippen LogP contribution in [0.1, 0.15) is 5.76 Å². The Bertz CT molecular complexity index is 621. The van der Waals surface area contributed by atoms with Crippen molar-refractivity contribution in [2.24, 2.45) is 0 Å². The zero-order valence-electron chi connectivity index (χ0n) is 10.3. The third-order valence-corrected chi connectivity index (χ3v) is 2.49. The number of benzene rings is 1. The van der Waals surface area contributed by atoms with E-state index in [0.717, 1.165) is 0 Å². The molecule has 0 bridgehead atoms. The first-order valence-electron chi connectivity index (χ1n) is 5.72. The molecule has 0 saturated carbocycles. The fourth-order valence-electron chi connectivity index (χ4n) is 1.39. The third kappa shape index (κ3) is 4.33. The van der Waals surface area contributed by atoms with Crippen LogP contribution in [0, 0.1) is 5.82 Å². The summed E-state index contributed by atoms with van der Waals surface area (Å²) in [5.41, 5.74) is 0.590. The van der Waals surface area contributed by atoms with Crippen molar-refractivity contribution >= 4 is 35.0 Å². The highest BCUT2D eigenvalue weighted by atomic mass is 32.1. The van der Waals surface area contributed by atoms with Gasteiger partial charge in [0.1, 0.15) is 11.6 Å². The molecule has 1 aromatic carbocycles. The van der Waals surface area contributed by atoms with Crippen molar-refractivity contribution in [3.63, 3.8) is 0 Å². The fourth-order valence-corrected chi connectivity index (χ4v) is 1.61. The molecule has 0 aliphatic carbocycles. The summed E-state index contributed by atoms with van der Waals surface area (Å²) in [4.78, 5) is 11.6. The van der Waals surface area contributed by atoms with Crippen LogP contribution in [0.15, 0.2) is 53.2 Å². The van der Waals surface area contributed by atoms with Crippen molar-refractivity contribution in [2.75, 3.05) is 5.32 Å². The van der Waals surface area contributed by atoms with E-state index in [1.54, 1.807) is 12.1 Å². The molecule has 2 rings (SSSR count). The van der Waals surface area contributed by atoms with E-state index in [2.05, 4.69) is 10.6 Å². The number of halogens is 1. The Balaban J connectivity index is 1.85. The summed E-state index contributed by atoms with van der Waals surface area (Å²) in [7, 11) is 0. The predicted octanol–water partition coefficient (Wildman–Crippen LogP) is 2.95. The number of hydrogen-bond donors (Lipinski definition) is 2. The lowest BCUT2D eigenvalue weighted by molar-refractivity contribution is -0.115. The summed E-state index contributed by atoms with van der Waals surface area (Å²) in [6, 6.07) is 9.07. The van der Waals surface area contributed by atoms with E-state index < -0.39 is 0 Å². The van der Waals surface area contributed by atoms with Gasteiger partial charge >= 0.3 is 0 Å². The number of hydrogen-bond acceptors (Lipinski definition) is 3. The van der Waals surface area contributed by atoms with Gasteiger partial charge in [0.25, 0.3) is 0 Å². The fraction of sp³-hybridized carbons (Fsp3) is 0. The molecule has 102 valence electrons. The van der Waals surface area contributed by atoms with E-state index in [1.807, 2.05) is 0 Å². The minimum Gasteiger partial charge on any atom is -0.465 e. The van der Waals surface area contributed by atoms with Crippen LogP contribution in [0.4, 0.5) is 10.1 Å². The molecule has 0 radical (unpaired) electrons. The number of anilines is 1. The molecule has 0 saturated heterocycles. The standard InChI is InChI=1S/C14H11FN2O2S/c15-10-3-5-11(6-4-10)16-14(20)17-13(18)8-7-12-2-1-9-19-12/h1-9H,(H2,16,17,18,20). The van der Waals surface area contributed by atoms with Gasteiger partial charge in [-0.3, -0.25) is 10.1 Å². The lowest BCUT2D eigenvalue weighted by Gasteiger charge is -2.07. The second-order valence-electron chi connectivity index (χ2n) is 3.80. The summed E-state index contributed by atoms with van der Waals surface area (Å²) in [6.07, 6.45) is 4.34. The van der Waals surface area contributed by atoms with Gasteiger partial charge in [0, 0.05) is 11.8 Å². The zero-order chi connectivity index (χ0) is 14.4. The Kier molecular flexibility index (Phi) is 4.62. The Labute approximate surface area is 120 Å². The van der Waals surface area contributed by atoms with Gasteiger partial charge in [-0.25, -0.2) is 4.39 Å². The minimum atomic E-state index is -0.388. The maximum Gasteiger partial charge on any atom is 0.250 e. The van der Waals surface area contributed by atoms with E-state index in [-0.39, 0.29) is 16.8 Å². The molecule has 1 aromatic heterocycles. The molecular weight excluding hydrogens is 279 g/mol. The molecule has 2 N–H and O–H groups in total. The second-order valence-corrected chi connectivity index (χ2v) is 4.21. The summed E-state index contributed by atoms with van der Waals surface area (Å²) < 4.78 is 17.8. The van der Waals surface area contributed by atoms with Crippen LogP contribution in [0.5, 0.6) is 0 Å². The largest absolute Gasteiger partial charge is 0.465 e. The van der Waals surface area contributed by atoms with Gasteiger partial charge in [-0.15, -0.1) is 0 Å². The lowest BCUT2D eigenvalue weighted by atomic mass is 10.3. The van der Waals surface area contributed by atoms with Gasteiger partial charge in [-0.2, -0.15) is 0 Å². The smallest absolute Gasteiger partial charge is 0.250 e. The topological polar surface area (TPSA) is 54.3 Å². The van der Waals surface area contributed by atoms with Gasteiger partial charge < -0.3 is 9.73 Å². The molecule has 1 heterocycles. The van der Waals surface area contributed by atoms with Crippen molar-refractivity contribution in [1.29, 1.82) is 0 Å². The number of thiocarbonyl (C=S) groups is 1. The highest BCUT2D eigenvalue weighted by Gasteiger charge is 2.02. The van der Waals surface area contributed by atoms with Crippen molar-refractivity contribution < 1.29 is 13.6 Å². The minimum absolute atomic E-state index is 0.130. The van der Waals surface area contributed by atoms with E-state index in [0.29, 0.717) is 11.4 Å². The van der Waals surface area contributed by atoms with E-state index in [1.165, 1.54) is 42.7 Å². The first-order valence-corrected chi connectivity index (χ1v) is 6.13. The Hall–Kier alpha value is -2.47. The molecule has 0 aliphatic heterocycles. The number of nitrogens with one attached hydrogen (secondary N) is 2. The summed E-state index contributed by atoms with van der Waals surface area (Å²) in [5, 5.41) is 5.36. The van der Waals surface area contributed by atoms with Crippen molar-refractivity contribution in [2.45, 2.75) is 0 Å². The molecule has 1 amide bonds. The van der Waals surface area contributed by atoms with Crippen LogP contribution in [0.25, 0.3) is 6.08 Å². The third-order valence-electron chi connectivity index (χ3n) is 2.28. The Morgan fingerprint density at radius 2 is 2.00 bits per heavy atom. The zero-order valence-corrected chi connectivity index (χ0v) is 11.1. The maximum atomic E-state index is 12.7. The van der Waals surface area contributed by atoms with Crippen molar-refractivity contribution in [3.8, 4) is 0 Å². The first kappa shape index (κ1) is 14.0. The molecule has 0 aliphatic rings. The van der Waals surface area contributed by atoms with Crippen LogP contribution in [-0.4, -0.2) is 11.0 Å². The van der Waals surface area contributed by atoms with Crippen molar-refractivity contribution in [1.82, 2.24) is 5.32 Å². The average molecular weight is 290 g/mol. The molecular formula is C14H11FN2O2S. The molecule has 0 unspecified atom stereocenters. The predicted molar refractivity (Wildman–Crippen MR) is 78.5 cm³/mol. The Morgan fingerprint density at radius 1 is 1.25 bits per heavy atom. The van der Waals surface area contributed by atoms with Crippen LogP contribution in [-0.2, 0) is 4.79 Å². The number of carbonyl (C=O) groups excluding carboxylic acids is 1. The summed E-state index contributed by atoms with van der Waals surface area (Å²) >= 11 is 4.97. The summed E-state index contributed by atoms with van der Waals surface area (Å²) in [5.74, 6) is -0.162. The highest BCUT2D eigenvalue weighted by molar-refractivity contribution is 7.80. The number of rotatable bonds is 3. The van der Waals surface area contributed by atoms with E-state index in [9.17, 15) is 9.18 Å². The number of furan rings is 1. The van der Waals surface area contributed by atoms with Gasteiger partial charge in [-0.05, 0) is 54.7 Å². The van der Waals surface area contributed by atoms with Crippen LogP contribution in [0.3, 0.4) is 0 Å². The SMILES string of the molecule is O=C(C=Cc1ccco1)NC(=S)Nc1ccc(F)cc1. The van der Waals surface area contributed by atoms with Crippen molar-refractivity contribution in [3.05, 3.63) is 60.3 Å². The van der Waals surface area contributed by atoms with Crippen LogP contribution >= 0.6 is 12.2 Å². The van der Waals surface area contributed by atoms with E-state index >= 15 is 0 Å². The van der Waals surface area contributed by atoms with Gasteiger partial charge in [0.2, 0.25) is 5.91 Å². The molecule has 2 aromatic rings.